The van der Waals surface area contributed by atoms with E-state index in [0.717, 1.165) is 38.2 Å². The third-order valence-corrected chi connectivity index (χ3v) is 9.49. The van der Waals surface area contributed by atoms with Crippen LogP contribution in [-0.2, 0) is 0 Å². The molecular formula is C46H49N3. The van der Waals surface area contributed by atoms with E-state index in [2.05, 4.69) is 183 Å². The first-order valence-electron chi connectivity index (χ1n) is 17.8. The molecule has 3 heteroatoms. The van der Waals surface area contributed by atoms with Crippen molar-refractivity contribution in [2.75, 3.05) is 34.8 Å². The minimum absolute atomic E-state index is 0.0534. The molecule has 0 bridgehead atoms. The van der Waals surface area contributed by atoms with Crippen molar-refractivity contribution in [2.45, 2.75) is 46.5 Å². The van der Waals surface area contributed by atoms with Gasteiger partial charge in [-0.25, -0.2) is 0 Å². The number of para-hydroxylation sites is 2. The number of benzene rings is 6. The van der Waals surface area contributed by atoms with Gasteiger partial charge < -0.3 is 15.1 Å². The lowest BCUT2D eigenvalue weighted by Crippen LogP contribution is -2.19. The molecule has 6 aromatic rings. The highest BCUT2D eigenvalue weighted by Crippen LogP contribution is 2.41. The Morgan fingerprint density at radius 1 is 0.571 bits per heavy atom. The zero-order valence-corrected chi connectivity index (χ0v) is 29.5. The Balaban J connectivity index is 1.46. The average Bonchev–Trinajstić information content (AvgIpc) is 3.14. The molecule has 248 valence electrons. The van der Waals surface area contributed by atoms with Crippen LogP contribution in [0.5, 0.6) is 0 Å². The molecule has 0 aliphatic rings. The quantitative estimate of drug-likeness (QED) is 0.0941. The number of aryl methyl sites for hydroxylation is 2. The van der Waals surface area contributed by atoms with Crippen LogP contribution in [0.1, 0.15) is 60.4 Å². The molecule has 0 fully saturated rings. The minimum atomic E-state index is 0.0534. The van der Waals surface area contributed by atoms with Crippen molar-refractivity contribution in [2.24, 2.45) is 0 Å². The van der Waals surface area contributed by atoms with Crippen molar-refractivity contribution < 1.29 is 0 Å². The van der Waals surface area contributed by atoms with Crippen LogP contribution in [0.15, 0.2) is 146 Å². The second kappa shape index (κ2) is 15.7. The Hall–Kier alpha value is -5.28. The molecule has 1 N–H and O–H groups in total. The zero-order valence-electron chi connectivity index (χ0n) is 29.5. The second-order valence-electron chi connectivity index (χ2n) is 12.9. The first kappa shape index (κ1) is 33.6. The summed E-state index contributed by atoms with van der Waals surface area (Å²) in [5.74, 6) is 0.0534. The molecule has 6 rings (SSSR count). The molecule has 0 saturated carbocycles. The molecule has 3 nitrogen and oxygen atoms in total. The normalized spacial score (nSPS) is 11.1. The summed E-state index contributed by atoms with van der Waals surface area (Å²) < 4.78 is 0. The first-order chi connectivity index (χ1) is 24.0. The van der Waals surface area contributed by atoms with Gasteiger partial charge in [-0.2, -0.15) is 0 Å². The zero-order chi connectivity index (χ0) is 34.2. The summed E-state index contributed by atoms with van der Waals surface area (Å²) in [4.78, 5) is 4.90. The number of fused-ring (bicyclic) bond motifs is 1. The molecule has 0 aliphatic carbocycles. The maximum absolute atomic E-state index is 3.92. The van der Waals surface area contributed by atoms with E-state index in [-0.39, 0.29) is 5.92 Å². The Morgan fingerprint density at radius 2 is 1.04 bits per heavy atom. The number of nitrogens with one attached hydrogen (secondary N) is 1. The molecule has 0 unspecified atom stereocenters. The molecule has 6 aromatic carbocycles. The van der Waals surface area contributed by atoms with Crippen molar-refractivity contribution in [1.29, 1.82) is 0 Å². The van der Waals surface area contributed by atoms with E-state index in [9.17, 15) is 0 Å². The second-order valence-corrected chi connectivity index (χ2v) is 12.9. The van der Waals surface area contributed by atoms with Crippen molar-refractivity contribution in [1.82, 2.24) is 0 Å². The topological polar surface area (TPSA) is 18.5 Å². The molecule has 0 heterocycles. The molecule has 0 atom stereocenters. The number of hydrogen-bond acceptors (Lipinski definition) is 3. The van der Waals surface area contributed by atoms with Gasteiger partial charge in [0.2, 0.25) is 0 Å². The van der Waals surface area contributed by atoms with Crippen LogP contribution in [0.4, 0.5) is 28.4 Å². The molecule has 0 spiro atoms. The first-order valence-corrected chi connectivity index (χ1v) is 17.8. The summed E-state index contributed by atoms with van der Waals surface area (Å²) >= 11 is 0. The van der Waals surface area contributed by atoms with Crippen molar-refractivity contribution in [3.63, 3.8) is 0 Å². The minimum Gasteiger partial charge on any atom is -0.381 e. The highest BCUT2D eigenvalue weighted by molar-refractivity contribution is 5.97. The largest absolute Gasteiger partial charge is 0.381 e. The van der Waals surface area contributed by atoms with E-state index in [4.69, 9.17) is 0 Å². The third kappa shape index (κ3) is 7.27. The van der Waals surface area contributed by atoms with Gasteiger partial charge >= 0.3 is 0 Å². The molecule has 0 amide bonds. The fourth-order valence-electron chi connectivity index (χ4n) is 7.11. The van der Waals surface area contributed by atoms with Crippen LogP contribution in [-0.4, -0.2) is 19.6 Å². The number of hydrogen-bond donors (Lipinski definition) is 1. The Labute approximate surface area is 293 Å². The van der Waals surface area contributed by atoms with Crippen molar-refractivity contribution in [3.8, 4) is 0 Å². The van der Waals surface area contributed by atoms with Gasteiger partial charge in [0.05, 0.1) is 0 Å². The lowest BCUT2D eigenvalue weighted by Gasteiger charge is -2.28. The van der Waals surface area contributed by atoms with Crippen molar-refractivity contribution in [3.05, 3.63) is 174 Å². The van der Waals surface area contributed by atoms with E-state index < -0.39 is 0 Å². The summed E-state index contributed by atoms with van der Waals surface area (Å²) in [5, 5.41) is 6.04. The predicted molar refractivity (Wildman–Crippen MR) is 213 cm³/mol. The van der Waals surface area contributed by atoms with Gasteiger partial charge in [-0.3, -0.25) is 0 Å². The molecule has 0 aliphatic heterocycles. The predicted octanol–water partition coefficient (Wildman–Crippen LogP) is 12.3. The summed E-state index contributed by atoms with van der Waals surface area (Å²) in [6, 6.07) is 49.3. The fourth-order valence-corrected chi connectivity index (χ4v) is 7.11. The average molecular weight is 644 g/mol. The SMILES string of the molecule is C=CCNc1ccc(C(c2ccc(N(CCC)c3ccccc3C)cc2)c2ccc(N(CCC)c3ccccc3C)cc2)c2ccccc12. The third-order valence-electron chi connectivity index (χ3n) is 9.49. The van der Waals surface area contributed by atoms with E-state index >= 15 is 0 Å². The maximum atomic E-state index is 3.92. The smallest absolute Gasteiger partial charge is 0.0440 e. The standard InChI is InChI=1S/C46H49N3/c1-6-31-47-43-30-29-42(40-17-11-12-18-41(40)43)46(36-21-25-38(26-22-36)48(32-7-2)44-19-13-9-15-34(44)4)37-23-27-39(28-24-37)49(33-8-3)45-20-14-10-16-35(45)5/h6,9-30,46-47H,1,7-8,31-33H2,2-5H3. The van der Waals surface area contributed by atoms with Gasteiger partial charge in [-0.05, 0) is 102 Å². The Kier molecular flexibility index (Phi) is 10.8. The molecule has 49 heavy (non-hydrogen) atoms. The van der Waals surface area contributed by atoms with Crippen LogP contribution < -0.4 is 15.1 Å². The van der Waals surface area contributed by atoms with Crippen LogP contribution >= 0.6 is 0 Å². The molecular weight excluding hydrogens is 595 g/mol. The van der Waals surface area contributed by atoms with Gasteiger partial charge in [-0.15, -0.1) is 6.58 Å². The number of rotatable bonds is 14. The van der Waals surface area contributed by atoms with Crippen LogP contribution in [0.3, 0.4) is 0 Å². The van der Waals surface area contributed by atoms with Gasteiger partial charge in [0.15, 0.2) is 0 Å². The van der Waals surface area contributed by atoms with E-state index in [1.165, 1.54) is 61.3 Å². The summed E-state index contributed by atoms with van der Waals surface area (Å²) in [7, 11) is 0. The van der Waals surface area contributed by atoms with Gasteiger partial charge in [0.1, 0.15) is 0 Å². The summed E-state index contributed by atoms with van der Waals surface area (Å²) in [5.41, 5.74) is 12.5. The van der Waals surface area contributed by atoms with Gasteiger partial charge in [0.25, 0.3) is 0 Å². The van der Waals surface area contributed by atoms with E-state index in [1.54, 1.807) is 0 Å². The van der Waals surface area contributed by atoms with E-state index in [0.29, 0.717) is 0 Å². The van der Waals surface area contributed by atoms with E-state index in [1.807, 2.05) is 6.08 Å². The molecule has 0 radical (unpaired) electrons. The number of nitrogens with zero attached hydrogens (tertiary/aromatic N) is 2. The monoisotopic (exact) mass is 643 g/mol. The van der Waals surface area contributed by atoms with Crippen LogP contribution in [0.25, 0.3) is 10.8 Å². The molecule has 0 saturated heterocycles. The maximum Gasteiger partial charge on any atom is 0.0440 e. The van der Waals surface area contributed by atoms with Gasteiger partial charge in [0, 0.05) is 59.4 Å². The van der Waals surface area contributed by atoms with Crippen LogP contribution in [0, 0.1) is 13.8 Å². The summed E-state index contributed by atoms with van der Waals surface area (Å²) in [6.07, 6.45) is 4.05. The lowest BCUT2D eigenvalue weighted by molar-refractivity contribution is 0.880. The van der Waals surface area contributed by atoms with Gasteiger partial charge in [-0.1, -0.05) is 111 Å². The molecule has 0 aromatic heterocycles. The Bertz CT molecular complexity index is 1890. The fraction of sp³-hybridized carbons (Fsp3) is 0.217. The summed E-state index contributed by atoms with van der Waals surface area (Å²) in [6.45, 7) is 15.5. The highest BCUT2D eigenvalue weighted by Gasteiger charge is 2.22. The number of anilines is 5. The highest BCUT2D eigenvalue weighted by atomic mass is 15.1. The lowest BCUT2D eigenvalue weighted by atomic mass is 9.82. The Morgan fingerprint density at radius 3 is 1.51 bits per heavy atom. The van der Waals surface area contributed by atoms with Crippen molar-refractivity contribution >= 4 is 39.2 Å². The van der Waals surface area contributed by atoms with Crippen LogP contribution in [0.2, 0.25) is 0 Å².